The number of carboxylic acid groups (broad SMARTS) is 1. The zero-order chi connectivity index (χ0) is 16.7. The fourth-order valence-electron chi connectivity index (χ4n) is 2.44. The molecule has 6 nitrogen and oxygen atoms in total. The van der Waals surface area contributed by atoms with Crippen molar-refractivity contribution in [2.24, 2.45) is 0 Å². The van der Waals surface area contributed by atoms with Gasteiger partial charge in [0, 0.05) is 0 Å². The van der Waals surface area contributed by atoms with E-state index in [0.717, 1.165) is 0 Å². The highest BCUT2D eigenvalue weighted by molar-refractivity contribution is 6.04. The summed E-state index contributed by atoms with van der Waals surface area (Å²) in [5.74, 6) is -2.50. The van der Waals surface area contributed by atoms with E-state index in [9.17, 15) is 30.3 Å². The number of benzene rings is 3. The Kier molecular flexibility index (Phi) is 3.22. The van der Waals surface area contributed by atoms with Crippen LogP contribution in [0, 0.1) is 0 Å². The zero-order valence-electron chi connectivity index (χ0n) is 11.7. The second-order valence-corrected chi connectivity index (χ2v) is 5.09. The second kappa shape index (κ2) is 5.10. The predicted octanol–water partition coefficient (Wildman–Crippen LogP) is 3.03. The first kappa shape index (κ1) is 14.5. The first-order valence-electron chi connectivity index (χ1n) is 6.62. The van der Waals surface area contributed by atoms with Gasteiger partial charge in [-0.3, -0.25) is 0 Å². The van der Waals surface area contributed by atoms with Gasteiger partial charge < -0.3 is 25.5 Å². The molecule has 0 atom stereocenters. The van der Waals surface area contributed by atoms with Gasteiger partial charge in [0.2, 0.25) is 0 Å². The molecule has 0 saturated carbocycles. The van der Waals surface area contributed by atoms with Crippen LogP contribution < -0.4 is 0 Å². The fourth-order valence-corrected chi connectivity index (χ4v) is 2.44. The minimum absolute atomic E-state index is 0.00912. The standard InChI is InChI=1S/C17H12O6/c18-13-2-1-8(5-14(13)19)11-4-10(17(22)23)3-9-6-15(20)16(21)7-12(9)11/h1-7,18-21H,(H,22,23). The molecule has 0 fully saturated rings. The third-order valence-electron chi connectivity index (χ3n) is 3.58. The Morgan fingerprint density at radius 1 is 0.739 bits per heavy atom. The van der Waals surface area contributed by atoms with Crippen LogP contribution in [-0.4, -0.2) is 31.5 Å². The normalized spacial score (nSPS) is 10.8. The molecule has 3 aromatic rings. The maximum absolute atomic E-state index is 11.3. The first-order valence-corrected chi connectivity index (χ1v) is 6.62. The Hall–Kier alpha value is -3.41. The molecule has 0 saturated heterocycles. The molecule has 0 unspecified atom stereocenters. The fraction of sp³-hybridized carbons (Fsp3) is 0. The maximum Gasteiger partial charge on any atom is 0.335 e. The average molecular weight is 312 g/mol. The molecule has 116 valence electrons. The molecule has 0 spiro atoms. The topological polar surface area (TPSA) is 118 Å². The van der Waals surface area contributed by atoms with E-state index in [1.54, 1.807) is 0 Å². The van der Waals surface area contributed by atoms with Gasteiger partial charge in [0.1, 0.15) is 0 Å². The molecular formula is C17H12O6. The Bertz CT molecular complexity index is 945. The SMILES string of the molecule is O=C(O)c1cc(-c2ccc(O)c(O)c2)c2cc(O)c(O)cc2c1. The number of hydrogen-bond acceptors (Lipinski definition) is 5. The van der Waals surface area contributed by atoms with E-state index in [4.69, 9.17) is 0 Å². The van der Waals surface area contributed by atoms with Gasteiger partial charge in [-0.25, -0.2) is 4.79 Å². The molecule has 0 amide bonds. The van der Waals surface area contributed by atoms with Crippen molar-refractivity contribution in [3.05, 3.63) is 48.0 Å². The largest absolute Gasteiger partial charge is 0.504 e. The summed E-state index contributed by atoms with van der Waals surface area (Å²) in [6.07, 6.45) is 0. The van der Waals surface area contributed by atoms with E-state index in [2.05, 4.69) is 0 Å². The van der Waals surface area contributed by atoms with Crippen LogP contribution in [0.3, 0.4) is 0 Å². The Balaban J connectivity index is 2.38. The van der Waals surface area contributed by atoms with E-state index in [0.29, 0.717) is 21.9 Å². The van der Waals surface area contributed by atoms with Crippen LogP contribution in [0.15, 0.2) is 42.5 Å². The summed E-state index contributed by atoms with van der Waals surface area (Å²) >= 11 is 0. The molecule has 6 heteroatoms. The molecule has 3 aromatic carbocycles. The van der Waals surface area contributed by atoms with E-state index in [1.807, 2.05) is 0 Å². The van der Waals surface area contributed by atoms with Gasteiger partial charge in [-0.1, -0.05) is 6.07 Å². The van der Waals surface area contributed by atoms with Gasteiger partial charge in [-0.2, -0.15) is 0 Å². The van der Waals surface area contributed by atoms with Crippen LogP contribution in [0.5, 0.6) is 23.0 Å². The molecule has 0 radical (unpaired) electrons. The third-order valence-corrected chi connectivity index (χ3v) is 3.58. The Morgan fingerprint density at radius 3 is 2.04 bits per heavy atom. The van der Waals surface area contributed by atoms with Crippen molar-refractivity contribution in [3.8, 4) is 34.1 Å². The van der Waals surface area contributed by atoms with Gasteiger partial charge in [0.25, 0.3) is 0 Å². The summed E-state index contributed by atoms with van der Waals surface area (Å²) in [5, 5.41) is 48.5. The van der Waals surface area contributed by atoms with Gasteiger partial charge in [-0.15, -0.1) is 0 Å². The van der Waals surface area contributed by atoms with Crippen molar-refractivity contribution < 1.29 is 30.3 Å². The van der Waals surface area contributed by atoms with Gasteiger partial charge >= 0.3 is 5.97 Å². The van der Waals surface area contributed by atoms with Crippen LogP contribution >= 0.6 is 0 Å². The number of fused-ring (bicyclic) bond motifs is 1. The van der Waals surface area contributed by atoms with Crippen molar-refractivity contribution in [2.75, 3.05) is 0 Å². The monoisotopic (exact) mass is 312 g/mol. The van der Waals surface area contributed by atoms with Crippen LogP contribution in [-0.2, 0) is 0 Å². The van der Waals surface area contributed by atoms with E-state index in [-0.39, 0.29) is 28.6 Å². The predicted molar refractivity (Wildman–Crippen MR) is 83.0 cm³/mol. The Morgan fingerprint density at radius 2 is 1.39 bits per heavy atom. The summed E-state index contributed by atoms with van der Waals surface area (Å²) in [6.45, 7) is 0. The van der Waals surface area contributed by atoms with E-state index in [1.165, 1.54) is 42.5 Å². The molecule has 23 heavy (non-hydrogen) atoms. The van der Waals surface area contributed by atoms with Crippen molar-refractivity contribution in [1.82, 2.24) is 0 Å². The highest BCUT2D eigenvalue weighted by Crippen LogP contribution is 2.39. The first-order chi connectivity index (χ1) is 10.9. The van der Waals surface area contributed by atoms with Crippen molar-refractivity contribution in [3.63, 3.8) is 0 Å². The summed E-state index contributed by atoms with van der Waals surface area (Å²) in [5.41, 5.74) is 0.883. The molecule has 0 aromatic heterocycles. The lowest BCUT2D eigenvalue weighted by Crippen LogP contribution is -1.97. The number of hydrogen-bond donors (Lipinski definition) is 5. The lowest BCUT2D eigenvalue weighted by molar-refractivity contribution is 0.0697. The smallest absolute Gasteiger partial charge is 0.335 e. The summed E-state index contributed by atoms with van der Waals surface area (Å²) in [7, 11) is 0. The number of carbonyl (C=O) groups is 1. The average Bonchev–Trinajstić information content (AvgIpc) is 2.50. The minimum atomic E-state index is -1.15. The molecule has 0 bridgehead atoms. The van der Waals surface area contributed by atoms with E-state index >= 15 is 0 Å². The highest BCUT2D eigenvalue weighted by Gasteiger charge is 2.14. The highest BCUT2D eigenvalue weighted by atomic mass is 16.4. The summed E-state index contributed by atoms with van der Waals surface area (Å²) < 4.78 is 0. The van der Waals surface area contributed by atoms with Gasteiger partial charge in [-0.05, 0) is 58.3 Å². The lowest BCUT2D eigenvalue weighted by Gasteiger charge is -2.11. The number of phenolic OH excluding ortho intramolecular Hbond substituents is 4. The van der Waals surface area contributed by atoms with Gasteiger partial charge in [0.15, 0.2) is 23.0 Å². The Labute approximate surface area is 130 Å². The number of aromatic hydroxyl groups is 4. The second-order valence-electron chi connectivity index (χ2n) is 5.09. The molecule has 0 heterocycles. The van der Waals surface area contributed by atoms with Crippen molar-refractivity contribution >= 4 is 16.7 Å². The van der Waals surface area contributed by atoms with Crippen molar-refractivity contribution in [2.45, 2.75) is 0 Å². The molecule has 0 aliphatic carbocycles. The van der Waals surface area contributed by atoms with Gasteiger partial charge in [0.05, 0.1) is 5.56 Å². The van der Waals surface area contributed by atoms with Crippen molar-refractivity contribution in [1.29, 1.82) is 0 Å². The molecule has 5 N–H and O–H groups in total. The van der Waals surface area contributed by atoms with Crippen LogP contribution in [0.25, 0.3) is 21.9 Å². The van der Waals surface area contributed by atoms with Crippen LogP contribution in [0.4, 0.5) is 0 Å². The molecule has 3 rings (SSSR count). The van der Waals surface area contributed by atoms with E-state index < -0.39 is 5.97 Å². The maximum atomic E-state index is 11.3. The number of aromatic carboxylic acids is 1. The number of phenols is 4. The molecule has 0 aliphatic heterocycles. The molecule has 0 aliphatic rings. The van der Waals surface area contributed by atoms with Crippen LogP contribution in [0.2, 0.25) is 0 Å². The van der Waals surface area contributed by atoms with Crippen LogP contribution in [0.1, 0.15) is 10.4 Å². The zero-order valence-corrected chi connectivity index (χ0v) is 11.7. The molecular weight excluding hydrogens is 300 g/mol. The quantitative estimate of drug-likeness (QED) is 0.464. The summed E-state index contributed by atoms with van der Waals surface area (Å²) in [4.78, 5) is 11.3. The lowest BCUT2D eigenvalue weighted by atomic mass is 9.95. The number of rotatable bonds is 2. The summed E-state index contributed by atoms with van der Waals surface area (Å²) in [6, 6.07) is 9.44. The minimum Gasteiger partial charge on any atom is -0.504 e. The third kappa shape index (κ3) is 2.46. The number of carboxylic acids is 1.